The topological polar surface area (TPSA) is 47.1 Å². The van der Waals surface area contributed by atoms with E-state index in [0.717, 1.165) is 30.8 Å². The lowest BCUT2D eigenvalue weighted by molar-refractivity contribution is 0.245. The molecule has 1 aliphatic rings. The van der Waals surface area contributed by atoms with Crippen molar-refractivity contribution in [1.29, 1.82) is 0 Å². The molecule has 2 aromatic heterocycles. The molecule has 0 unspecified atom stereocenters. The minimum atomic E-state index is 0.411. The van der Waals surface area contributed by atoms with Crippen LogP contribution in [0, 0.1) is 0 Å². The van der Waals surface area contributed by atoms with Crippen molar-refractivity contribution in [1.82, 2.24) is 19.7 Å². The van der Waals surface area contributed by atoms with Gasteiger partial charge in [-0.05, 0) is 43.7 Å². The Labute approximate surface area is 145 Å². The highest BCUT2D eigenvalue weighted by molar-refractivity contribution is 6.30. The van der Waals surface area contributed by atoms with E-state index in [9.17, 15) is 0 Å². The summed E-state index contributed by atoms with van der Waals surface area (Å²) in [6.45, 7) is 1.86. The van der Waals surface area contributed by atoms with E-state index >= 15 is 0 Å². The molecule has 0 amide bonds. The van der Waals surface area contributed by atoms with Crippen molar-refractivity contribution in [3.05, 3.63) is 59.2 Å². The van der Waals surface area contributed by atoms with Crippen molar-refractivity contribution in [2.75, 3.05) is 6.54 Å². The van der Waals surface area contributed by atoms with Gasteiger partial charge in [-0.15, -0.1) is 0 Å². The maximum Gasteiger partial charge on any atom is 0.226 e. The second-order valence-corrected chi connectivity index (χ2v) is 6.66. The third-order valence-corrected chi connectivity index (χ3v) is 4.73. The standard InChI is InChI=1S/C18H19ClN4O/c1-22-10-14(9-20-22)17-3-2-8-23(17)11-16-12-24-18(21-16)13-4-6-15(19)7-5-13/h4-7,9-10,12,17H,2-3,8,11H2,1H3/t17-/m0/s1. The van der Waals surface area contributed by atoms with E-state index in [4.69, 9.17) is 16.0 Å². The maximum atomic E-state index is 5.93. The quantitative estimate of drug-likeness (QED) is 0.717. The number of hydrogen-bond donors (Lipinski definition) is 0. The molecule has 1 fully saturated rings. The molecule has 1 saturated heterocycles. The van der Waals surface area contributed by atoms with Crippen LogP contribution in [0.25, 0.3) is 11.5 Å². The minimum Gasteiger partial charge on any atom is -0.444 e. The number of aromatic nitrogens is 3. The summed E-state index contributed by atoms with van der Waals surface area (Å²) < 4.78 is 7.51. The molecule has 1 aliphatic heterocycles. The van der Waals surface area contributed by atoms with E-state index in [1.807, 2.05) is 42.2 Å². The number of benzene rings is 1. The molecular weight excluding hydrogens is 324 g/mol. The molecule has 5 nitrogen and oxygen atoms in total. The number of oxazole rings is 1. The lowest BCUT2D eigenvalue weighted by Gasteiger charge is -2.22. The highest BCUT2D eigenvalue weighted by Gasteiger charge is 2.27. The van der Waals surface area contributed by atoms with Crippen LogP contribution >= 0.6 is 11.6 Å². The molecule has 0 spiro atoms. The Morgan fingerprint density at radius 3 is 2.88 bits per heavy atom. The molecule has 0 bridgehead atoms. The SMILES string of the molecule is Cn1cc([C@@H]2CCCN2Cc2coc(-c3ccc(Cl)cc3)n2)cn1. The van der Waals surface area contributed by atoms with Crippen LogP contribution in [0.3, 0.4) is 0 Å². The first-order valence-corrected chi connectivity index (χ1v) is 8.50. The Morgan fingerprint density at radius 2 is 2.12 bits per heavy atom. The fourth-order valence-electron chi connectivity index (χ4n) is 3.32. The van der Waals surface area contributed by atoms with E-state index in [0.29, 0.717) is 17.0 Å². The number of nitrogens with zero attached hydrogens (tertiary/aromatic N) is 4. The molecule has 1 aromatic carbocycles. The number of rotatable bonds is 4. The average Bonchev–Trinajstić information content (AvgIpc) is 3.30. The molecule has 0 radical (unpaired) electrons. The van der Waals surface area contributed by atoms with Gasteiger partial charge in [0.1, 0.15) is 6.26 Å². The molecular formula is C18H19ClN4O. The molecule has 0 saturated carbocycles. The van der Waals surface area contributed by atoms with E-state index in [1.165, 1.54) is 12.0 Å². The minimum absolute atomic E-state index is 0.411. The van der Waals surface area contributed by atoms with Gasteiger partial charge < -0.3 is 4.42 Å². The van der Waals surface area contributed by atoms with Crippen molar-refractivity contribution in [2.45, 2.75) is 25.4 Å². The second-order valence-electron chi connectivity index (χ2n) is 6.23. The van der Waals surface area contributed by atoms with Crippen LogP contribution in [0.15, 0.2) is 47.3 Å². The van der Waals surface area contributed by atoms with Crippen molar-refractivity contribution in [2.24, 2.45) is 7.05 Å². The fourth-order valence-corrected chi connectivity index (χ4v) is 3.44. The number of hydrogen-bond acceptors (Lipinski definition) is 4. The van der Waals surface area contributed by atoms with Crippen molar-refractivity contribution >= 4 is 11.6 Å². The van der Waals surface area contributed by atoms with E-state index < -0.39 is 0 Å². The highest BCUT2D eigenvalue weighted by atomic mass is 35.5. The van der Waals surface area contributed by atoms with Gasteiger partial charge in [0.2, 0.25) is 5.89 Å². The Bertz CT molecular complexity index is 824. The smallest absolute Gasteiger partial charge is 0.226 e. The molecule has 3 aromatic rings. The van der Waals surface area contributed by atoms with Gasteiger partial charge in [-0.3, -0.25) is 9.58 Å². The molecule has 1 atom stereocenters. The van der Waals surface area contributed by atoms with Gasteiger partial charge in [0.25, 0.3) is 0 Å². The summed E-state index contributed by atoms with van der Waals surface area (Å²) in [5, 5.41) is 5.01. The zero-order valence-corrected chi connectivity index (χ0v) is 14.3. The average molecular weight is 343 g/mol. The second kappa shape index (κ2) is 6.42. The summed E-state index contributed by atoms with van der Waals surface area (Å²) in [6, 6.07) is 7.95. The molecule has 124 valence electrons. The van der Waals surface area contributed by atoms with Gasteiger partial charge in [-0.2, -0.15) is 5.10 Å². The summed E-state index contributed by atoms with van der Waals surface area (Å²) in [6.07, 6.45) is 8.17. The van der Waals surface area contributed by atoms with Crippen LogP contribution in [-0.2, 0) is 13.6 Å². The summed E-state index contributed by atoms with van der Waals surface area (Å²) in [4.78, 5) is 7.08. The van der Waals surface area contributed by atoms with Crippen LogP contribution < -0.4 is 0 Å². The van der Waals surface area contributed by atoms with Crippen LogP contribution in [0.1, 0.15) is 30.1 Å². The Balaban J connectivity index is 1.50. The number of halogens is 1. The van der Waals surface area contributed by atoms with Crippen molar-refractivity contribution in [3.8, 4) is 11.5 Å². The van der Waals surface area contributed by atoms with Crippen LogP contribution in [0.5, 0.6) is 0 Å². The van der Waals surface area contributed by atoms with Crippen LogP contribution in [-0.4, -0.2) is 26.2 Å². The Morgan fingerprint density at radius 1 is 1.29 bits per heavy atom. The normalized spacial score (nSPS) is 18.3. The monoisotopic (exact) mass is 342 g/mol. The van der Waals surface area contributed by atoms with Gasteiger partial charge in [0.15, 0.2) is 0 Å². The summed E-state index contributed by atoms with van der Waals surface area (Å²) in [5.74, 6) is 0.638. The third kappa shape index (κ3) is 3.09. The fraction of sp³-hybridized carbons (Fsp3) is 0.333. The van der Waals surface area contributed by atoms with Gasteiger partial charge in [-0.1, -0.05) is 11.6 Å². The Kier molecular flexibility index (Phi) is 4.12. The van der Waals surface area contributed by atoms with Gasteiger partial charge in [0.05, 0.1) is 11.9 Å². The molecule has 24 heavy (non-hydrogen) atoms. The molecule has 4 rings (SSSR count). The van der Waals surface area contributed by atoms with Crippen LogP contribution in [0.4, 0.5) is 0 Å². The van der Waals surface area contributed by atoms with Gasteiger partial charge in [-0.25, -0.2) is 4.98 Å². The first kappa shape index (κ1) is 15.4. The molecule has 0 N–H and O–H groups in total. The first-order valence-electron chi connectivity index (χ1n) is 8.12. The zero-order valence-electron chi connectivity index (χ0n) is 13.5. The van der Waals surface area contributed by atoms with Gasteiger partial charge in [0, 0.05) is 42.0 Å². The highest BCUT2D eigenvalue weighted by Crippen LogP contribution is 2.33. The molecule has 3 heterocycles. The summed E-state index contributed by atoms with van der Waals surface area (Å²) in [5.41, 5.74) is 3.17. The molecule has 6 heteroatoms. The van der Waals surface area contributed by atoms with Crippen molar-refractivity contribution < 1.29 is 4.42 Å². The zero-order chi connectivity index (χ0) is 16.5. The van der Waals surface area contributed by atoms with Gasteiger partial charge >= 0.3 is 0 Å². The lowest BCUT2D eigenvalue weighted by atomic mass is 10.1. The summed E-state index contributed by atoms with van der Waals surface area (Å²) in [7, 11) is 1.96. The van der Waals surface area contributed by atoms with Crippen LogP contribution in [0.2, 0.25) is 5.02 Å². The van der Waals surface area contributed by atoms with E-state index in [-0.39, 0.29) is 0 Å². The van der Waals surface area contributed by atoms with E-state index in [2.05, 4.69) is 21.2 Å². The third-order valence-electron chi connectivity index (χ3n) is 4.48. The predicted octanol–water partition coefficient (Wildman–Crippen LogP) is 4.07. The molecule has 0 aliphatic carbocycles. The maximum absolute atomic E-state index is 5.93. The van der Waals surface area contributed by atoms with E-state index in [1.54, 1.807) is 6.26 Å². The first-order chi connectivity index (χ1) is 11.7. The number of likely N-dealkylation sites (tertiary alicyclic amines) is 1. The largest absolute Gasteiger partial charge is 0.444 e. The number of aryl methyl sites for hydroxylation is 1. The lowest BCUT2D eigenvalue weighted by Crippen LogP contribution is -2.22. The summed E-state index contributed by atoms with van der Waals surface area (Å²) >= 11 is 5.93. The Hall–Kier alpha value is -2.11. The van der Waals surface area contributed by atoms with Crippen molar-refractivity contribution in [3.63, 3.8) is 0 Å². The predicted molar refractivity (Wildman–Crippen MR) is 92.5 cm³/mol.